The normalized spacial score (nSPS) is 11.1. The lowest BCUT2D eigenvalue weighted by molar-refractivity contribution is 0.415. The van der Waals surface area contributed by atoms with Crippen molar-refractivity contribution in [1.82, 2.24) is 4.98 Å². The molecule has 2 heteroatoms. The fourth-order valence-corrected chi connectivity index (χ4v) is 2.17. The van der Waals surface area contributed by atoms with E-state index in [0.29, 0.717) is 0 Å². The van der Waals surface area contributed by atoms with Crippen LogP contribution in [-0.4, -0.2) is 12.1 Å². The maximum absolute atomic E-state index is 5.29. The third-order valence-corrected chi connectivity index (χ3v) is 3.24. The van der Waals surface area contributed by atoms with E-state index in [1.807, 2.05) is 48.7 Å². The molecule has 0 aliphatic rings. The van der Waals surface area contributed by atoms with Crippen LogP contribution >= 0.6 is 0 Å². The highest BCUT2D eigenvalue weighted by atomic mass is 16.5. The number of fused-ring (bicyclic) bond motifs is 1. The van der Waals surface area contributed by atoms with Crippen LogP contribution in [0.25, 0.3) is 23.1 Å². The summed E-state index contributed by atoms with van der Waals surface area (Å²) in [6.07, 6.45) is 6.05. The van der Waals surface area contributed by atoms with Gasteiger partial charge in [0.1, 0.15) is 5.75 Å². The highest BCUT2D eigenvalue weighted by Gasteiger charge is 2.01. The largest absolute Gasteiger partial charge is 0.497 e. The van der Waals surface area contributed by atoms with Gasteiger partial charge in [0, 0.05) is 11.6 Å². The molecular weight excluding hydrogens is 246 g/mol. The smallest absolute Gasteiger partial charge is 0.119 e. The van der Waals surface area contributed by atoms with E-state index in [0.717, 1.165) is 22.2 Å². The van der Waals surface area contributed by atoms with Crippen molar-refractivity contribution in [2.45, 2.75) is 0 Å². The Labute approximate surface area is 118 Å². The number of methoxy groups -OCH3 is 1. The maximum atomic E-state index is 5.29. The average molecular weight is 261 g/mol. The molecule has 3 rings (SSSR count). The van der Waals surface area contributed by atoms with Crippen molar-refractivity contribution >= 4 is 23.1 Å². The molecule has 0 saturated heterocycles. The number of nitrogens with zero attached hydrogens (tertiary/aromatic N) is 1. The molecule has 0 bridgehead atoms. The molecule has 0 radical (unpaired) electrons. The van der Waals surface area contributed by atoms with E-state index >= 15 is 0 Å². The summed E-state index contributed by atoms with van der Waals surface area (Å²) in [6, 6.07) is 18.2. The van der Waals surface area contributed by atoms with Gasteiger partial charge in [0.05, 0.1) is 12.6 Å². The average Bonchev–Trinajstić information content (AvgIpc) is 2.53. The highest BCUT2D eigenvalue weighted by molar-refractivity contribution is 5.91. The fourth-order valence-electron chi connectivity index (χ4n) is 2.17. The second-order valence-corrected chi connectivity index (χ2v) is 4.53. The summed E-state index contributed by atoms with van der Waals surface area (Å²) in [5.41, 5.74) is 3.29. The van der Waals surface area contributed by atoms with Crippen LogP contribution in [0, 0.1) is 0 Å². The highest BCUT2D eigenvalue weighted by Crippen LogP contribution is 2.23. The summed E-state index contributed by atoms with van der Waals surface area (Å²) in [5.74, 6) is 0.847. The predicted molar refractivity (Wildman–Crippen MR) is 83.7 cm³/mol. The number of hydrogen-bond acceptors (Lipinski definition) is 2. The van der Waals surface area contributed by atoms with Crippen LogP contribution in [0.5, 0.6) is 5.75 Å². The number of ether oxygens (including phenoxy) is 1. The zero-order chi connectivity index (χ0) is 13.8. The minimum absolute atomic E-state index is 0.847. The van der Waals surface area contributed by atoms with Crippen molar-refractivity contribution in [3.63, 3.8) is 0 Å². The van der Waals surface area contributed by atoms with Gasteiger partial charge in [-0.2, -0.15) is 0 Å². The number of aromatic nitrogens is 1. The molecule has 20 heavy (non-hydrogen) atoms. The molecule has 2 nitrogen and oxygen atoms in total. The second-order valence-electron chi connectivity index (χ2n) is 4.53. The van der Waals surface area contributed by atoms with Gasteiger partial charge < -0.3 is 4.74 Å². The van der Waals surface area contributed by atoms with E-state index in [2.05, 4.69) is 29.3 Å². The van der Waals surface area contributed by atoms with Gasteiger partial charge >= 0.3 is 0 Å². The molecule has 2 aromatic carbocycles. The number of pyridine rings is 1. The Bertz CT molecular complexity index is 748. The van der Waals surface area contributed by atoms with Crippen molar-refractivity contribution < 1.29 is 4.74 Å². The molecule has 0 spiro atoms. The van der Waals surface area contributed by atoms with Crippen molar-refractivity contribution in [2.24, 2.45) is 0 Å². The van der Waals surface area contributed by atoms with Crippen LogP contribution in [0.2, 0.25) is 0 Å². The Hall–Kier alpha value is -2.61. The second kappa shape index (κ2) is 5.57. The lowest BCUT2D eigenvalue weighted by Gasteiger charge is -2.04. The molecule has 0 saturated carbocycles. The SMILES string of the molecule is COc1ccc2nccc(/C=C/c3ccccc3)c2c1. The van der Waals surface area contributed by atoms with Crippen LogP contribution in [0.3, 0.4) is 0 Å². The van der Waals surface area contributed by atoms with Gasteiger partial charge in [0.2, 0.25) is 0 Å². The van der Waals surface area contributed by atoms with Crippen LogP contribution in [-0.2, 0) is 0 Å². The first kappa shape index (κ1) is 12.4. The van der Waals surface area contributed by atoms with Gasteiger partial charge in [0.15, 0.2) is 0 Å². The third kappa shape index (κ3) is 2.54. The zero-order valence-electron chi connectivity index (χ0n) is 11.3. The topological polar surface area (TPSA) is 22.1 Å². The minimum atomic E-state index is 0.847. The molecule has 0 N–H and O–H groups in total. The van der Waals surface area contributed by atoms with E-state index in [4.69, 9.17) is 4.74 Å². The van der Waals surface area contributed by atoms with E-state index in [1.54, 1.807) is 7.11 Å². The molecule has 0 aliphatic heterocycles. The summed E-state index contributed by atoms with van der Waals surface area (Å²) in [5, 5.41) is 1.10. The van der Waals surface area contributed by atoms with E-state index < -0.39 is 0 Å². The molecule has 0 amide bonds. The summed E-state index contributed by atoms with van der Waals surface area (Å²) in [4.78, 5) is 4.38. The predicted octanol–water partition coefficient (Wildman–Crippen LogP) is 4.41. The van der Waals surface area contributed by atoms with Crippen LogP contribution in [0.15, 0.2) is 60.8 Å². The van der Waals surface area contributed by atoms with Crippen molar-refractivity contribution in [1.29, 1.82) is 0 Å². The first-order valence-corrected chi connectivity index (χ1v) is 6.53. The number of hydrogen-bond donors (Lipinski definition) is 0. The third-order valence-electron chi connectivity index (χ3n) is 3.24. The summed E-state index contributed by atoms with van der Waals surface area (Å²) in [7, 11) is 1.68. The summed E-state index contributed by atoms with van der Waals surface area (Å²) < 4.78 is 5.29. The Kier molecular flexibility index (Phi) is 3.46. The molecule has 1 heterocycles. The molecule has 3 aromatic rings. The molecule has 0 fully saturated rings. The Balaban J connectivity index is 2.05. The van der Waals surface area contributed by atoms with Gasteiger partial charge in [-0.05, 0) is 35.4 Å². The standard InChI is InChI=1S/C18H15NO/c1-20-16-9-10-18-17(13-16)15(11-12-19-18)8-7-14-5-3-2-4-6-14/h2-13H,1H3/b8-7+. The first-order chi connectivity index (χ1) is 9.86. The van der Waals surface area contributed by atoms with Crippen molar-refractivity contribution in [3.05, 3.63) is 71.9 Å². The zero-order valence-corrected chi connectivity index (χ0v) is 11.3. The first-order valence-electron chi connectivity index (χ1n) is 6.53. The Morgan fingerprint density at radius 3 is 2.60 bits per heavy atom. The molecule has 98 valence electrons. The summed E-state index contributed by atoms with van der Waals surface area (Å²) in [6.45, 7) is 0. The number of benzene rings is 2. The maximum Gasteiger partial charge on any atom is 0.119 e. The van der Waals surface area contributed by atoms with Crippen LogP contribution in [0.1, 0.15) is 11.1 Å². The lowest BCUT2D eigenvalue weighted by atomic mass is 10.1. The monoisotopic (exact) mass is 261 g/mol. The minimum Gasteiger partial charge on any atom is -0.497 e. The Morgan fingerprint density at radius 2 is 1.80 bits per heavy atom. The van der Waals surface area contributed by atoms with Gasteiger partial charge in [-0.25, -0.2) is 0 Å². The van der Waals surface area contributed by atoms with Crippen molar-refractivity contribution in [3.8, 4) is 5.75 Å². The lowest BCUT2D eigenvalue weighted by Crippen LogP contribution is -1.86. The van der Waals surface area contributed by atoms with E-state index in [-0.39, 0.29) is 0 Å². The fraction of sp³-hybridized carbons (Fsp3) is 0.0556. The molecule has 0 unspecified atom stereocenters. The van der Waals surface area contributed by atoms with Crippen molar-refractivity contribution in [2.75, 3.05) is 7.11 Å². The summed E-state index contributed by atoms with van der Waals surface area (Å²) >= 11 is 0. The van der Waals surface area contributed by atoms with Gasteiger partial charge in [-0.15, -0.1) is 0 Å². The van der Waals surface area contributed by atoms with Gasteiger partial charge in [0.25, 0.3) is 0 Å². The van der Waals surface area contributed by atoms with E-state index in [1.165, 1.54) is 5.56 Å². The van der Waals surface area contributed by atoms with E-state index in [9.17, 15) is 0 Å². The molecule has 0 aliphatic carbocycles. The molecule has 1 aromatic heterocycles. The Morgan fingerprint density at radius 1 is 0.950 bits per heavy atom. The van der Waals surface area contributed by atoms with Gasteiger partial charge in [-0.3, -0.25) is 4.98 Å². The van der Waals surface area contributed by atoms with Crippen LogP contribution in [0.4, 0.5) is 0 Å². The molecular formula is C18H15NO. The quantitative estimate of drug-likeness (QED) is 0.696. The van der Waals surface area contributed by atoms with Gasteiger partial charge in [-0.1, -0.05) is 42.5 Å². The number of rotatable bonds is 3. The molecule has 0 atom stereocenters. The van der Waals surface area contributed by atoms with Crippen LogP contribution < -0.4 is 4.74 Å².